The zero-order valence-corrected chi connectivity index (χ0v) is 8.45. The van der Waals surface area contributed by atoms with Gasteiger partial charge in [0.1, 0.15) is 4.64 Å². The zero-order chi connectivity index (χ0) is 9.26. The second kappa shape index (κ2) is 3.42. The number of aliphatic imine (C=N–C) groups is 1. The van der Waals surface area contributed by atoms with Gasteiger partial charge in [0.15, 0.2) is 0 Å². The summed E-state index contributed by atoms with van der Waals surface area (Å²) in [7, 11) is 0. The first-order valence-corrected chi connectivity index (χ1v) is 4.91. The van der Waals surface area contributed by atoms with Crippen molar-refractivity contribution < 1.29 is 0 Å². The van der Waals surface area contributed by atoms with Crippen LogP contribution in [0.5, 0.6) is 0 Å². The van der Waals surface area contributed by atoms with Crippen LogP contribution < -0.4 is 0 Å². The molecular formula is C10H12N2S. The Hall–Kier alpha value is -0.960. The standard InChI is InChI=1S/C10H12N2S/c1-7-5-8(6-12-10(7)13)9-3-2-4-11-9/h5-6H,2-4H2,1H3,(H,12,13). The quantitative estimate of drug-likeness (QED) is 0.681. The smallest absolute Gasteiger partial charge is 0.106 e. The molecule has 2 heterocycles. The lowest BCUT2D eigenvalue weighted by Crippen LogP contribution is -1.97. The van der Waals surface area contributed by atoms with Gasteiger partial charge in [-0.2, -0.15) is 0 Å². The van der Waals surface area contributed by atoms with E-state index in [0.29, 0.717) is 0 Å². The van der Waals surface area contributed by atoms with Gasteiger partial charge in [-0.1, -0.05) is 12.2 Å². The highest BCUT2D eigenvalue weighted by atomic mass is 32.1. The third kappa shape index (κ3) is 1.70. The molecule has 1 N–H and O–H groups in total. The van der Waals surface area contributed by atoms with Gasteiger partial charge in [-0.05, 0) is 31.4 Å². The van der Waals surface area contributed by atoms with Crippen molar-refractivity contribution in [3.05, 3.63) is 28.0 Å². The maximum atomic E-state index is 5.09. The highest BCUT2D eigenvalue weighted by molar-refractivity contribution is 7.71. The summed E-state index contributed by atoms with van der Waals surface area (Å²) >= 11 is 5.09. The monoisotopic (exact) mass is 192 g/mol. The van der Waals surface area contributed by atoms with E-state index in [1.807, 2.05) is 13.1 Å². The minimum atomic E-state index is 0.822. The molecule has 0 saturated heterocycles. The number of H-pyrrole nitrogens is 1. The molecule has 1 aliphatic rings. The maximum absolute atomic E-state index is 5.09. The normalized spacial score (nSPS) is 15.9. The fourth-order valence-electron chi connectivity index (χ4n) is 1.54. The topological polar surface area (TPSA) is 28.1 Å². The molecule has 2 nitrogen and oxygen atoms in total. The zero-order valence-electron chi connectivity index (χ0n) is 7.63. The Balaban J connectivity index is 2.41. The van der Waals surface area contributed by atoms with Crippen molar-refractivity contribution in [3.8, 4) is 0 Å². The van der Waals surface area contributed by atoms with Gasteiger partial charge < -0.3 is 4.98 Å². The van der Waals surface area contributed by atoms with Crippen LogP contribution in [0, 0.1) is 11.6 Å². The van der Waals surface area contributed by atoms with Gasteiger partial charge in [-0.25, -0.2) is 0 Å². The second-order valence-corrected chi connectivity index (χ2v) is 3.74. The number of aryl methyl sites for hydroxylation is 1. The number of aromatic amines is 1. The molecule has 0 aliphatic carbocycles. The highest BCUT2D eigenvalue weighted by Crippen LogP contribution is 2.13. The summed E-state index contributed by atoms with van der Waals surface area (Å²) in [5.74, 6) is 0. The predicted molar refractivity (Wildman–Crippen MR) is 57.0 cm³/mol. The summed E-state index contributed by atoms with van der Waals surface area (Å²) in [6, 6.07) is 2.11. The van der Waals surface area contributed by atoms with Crippen molar-refractivity contribution in [2.75, 3.05) is 6.54 Å². The Morgan fingerprint density at radius 1 is 1.54 bits per heavy atom. The molecule has 0 unspecified atom stereocenters. The summed E-state index contributed by atoms with van der Waals surface area (Å²) in [6.45, 7) is 3.00. The molecule has 1 aromatic rings. The molecule has 3 heteroatoms. The van der Waals surface area contributed by atoms with Crippen LogP contribution in [-0.2, 0) is 0 Å². The highest BCUT2D eigenvalue weighted by Gasteiger charge is 2.08. The third-order valence-electron chi connectivity index (χ3n) is 2.30. The summed E-state index contributed by atoms with van der Waals surface area (Å²) in [5.41, 5.74) is 3.54. The molecule has 0 radical (unpaired) electrons. The average molecular weight is 192 g/mol. The van der Waals surface area contributed by atoms with Gasteiger partial charge in [0.25, 0.3) is 0 Å². The Labute approximate surface area is 82.7 Å². The van der Waals surface area contributed by atoms with Crippen molar-refractivity contribution in [2.45, 2.75) is 19.8 Å². The minimum absolute atomic E-state index is 0.822. The number of nitrogens with zero attached hydrogens (tertiary/aromatic N) is 1. The van der Waals surface area contributed by atoms with E-state index in [1.54, 1.807) is 0 Å². The van der Waals surface area contributed by atoms with Crippen LogP contribution in [0.25, 0.3) is 0 Å². The summed E-state index contributed by atoms with van der Waals surface area (Å²) < 4.78 is 0.822. The Morgan fingerprint density at radius 3 is 3.00 bits per heavy atom. The van der Waals surface area contributed by atoms with Gasteiger partial charge in [-0.3, -0.25) is 4.99 Å². The van der Waals surface area contributed by atoms with Crippen molar-refractivity contribution in [2.24, 2.45) is 4.99 Å². The SMILES string of the molecule is Cc1cc(C2=NCCC2)c[nH]c1=S. The van der Waals surface area contributed by atoms with Gasteiger partial charge in [0.2, 0.25) is 0 Å². The van der Waals surface area contributed by atoms with Crippen molar-refractivity contribution in [1.29, 1.82) is 0 Å². The average Bonchev–Trinajstić information content (AvgIpc) is 2.62. The van der Waals surface area contributed by atoms with Crippen LogP contribution in [-0.4, -0.2) is 17.2 Å². The van der Waals surface area contributed by atoms with E-state index in [-0.39, 0.29) is 0 Å². The van der Waals surface area contributed by atoms with Gasteiger partial charge in [0, 0.05) is 24.0 Å². The number of aromatic nitrogens is 1. The van der Waals surface area contributed by atoms with Crippen LogP contribution in [0.4, 0.5) is 0 Å². The number of nitrogens with one attached hydrogen (secondary N) is 1. The van der Waals surface area contributed by atoms with Crippen molar-refractivity contribution in [3.63, 3.8) is 0 Å². The Morgan fingerprint density at radius 2 is 2.38 bits per heavy atom. The summed E-state index contributed by atoms with van der Waals surface area (Å²) in [4.78, 5) is 7.52. The van der Waals surface area contributed by atoms with Gasteiger partial charge in [-0.15, -0.1) is 0 Å². The van der Waals surface area contributed by atoms with E-state index in [1.165, 1.54) is 17.7 Å². The predicted octanol–water partition coefficient (Wildman–Crippen LogP) is 2.64. The van der Waals surface area contributed by atoms with E-state index in [9.17, 15) is 0 Å². The lowest BCUT2D eigenvalue weighted by atomic mass is 10.1. The van der Waals surface area contributed by atoms with Crippen molar-refractivity contribution >= 4 is 17.9 Å². The van der Waals surface area contributed by atoms with Crippen molar-refractivity contribution in [1.82, 2.24) is 4.98 Å². The molecule has 0 atom stereocenters. The van der Waals surface area contributed by atoms with Gasteiger partial charge in [0.05, 0.1) is 0 Å². The molecule has 1 aliphatic heterocycles. The maximum Gasteiger partial charge on any atom is 0.106 e. The summed E-state index contributed by atoms with van der Waals surface area (Å²) in [5, 5.41) is 0. The fraction of sp³-hybridized carbons (Fsp3) is 0.400. The number of rotatable bonds is 1. The lowest BCUT2D eigenvalue weighted by molar-refractivity contribution is 0.951. The molecule has 1 aromatic heterocycles. The molecule has 2 rings (SSSR count). The van der Waals surface area contributed by atoms with Crippen LogP contribution in [0.1, 0.15) is 24.0 Å². The molecule has 0 spiro atoms. The lowest BCUT2D eigenvalue weighted by Gasteiger charge is -2.01. The van der Waals surface area contributed by atoms with Crippen LogP contribution in [0.3, 0.4) is 0 Å². The number of hydrogen-bond donors (Lipinski definition) is 1. The molecule has 0 aromatic carbocycles. The molecule has 0 fully saturated rings. The first-order chi connectivity index (χ1) is 6.27. The molecular weight excluding hydrogens is 180 g/mol. The molecule has 13 heavy (non-hydrogen) atoms. The van der Waals surface area contributed by atoms with Crippen LogP contribution >= 0.6 is 12.2 Å². The van der Waals surface area contributed by atoms with E-state index in [2.05, 4.69) is 16.0 Å². The first-order valence-electron chi connectivity index (χ1n) is 4.50. The van der Waals surface area contributed by atoms with E-state index in [0.717, 1.165) is 23.2 Å². The summed E-state index contributed by atoms with van der Waals surface area (Å²) in [6.07, 6.45) is 4.24. The number of hydrogen-bond acceptors (Lipinski definition) is 2. The van der Waals surface area contributed by atoms with E-state index >= 15 is 0 Å². The van der Waals surface area contributed by atoms with Gasteiger partial charge >= 0.3 is 0 Å². The van der Waals surface area contributed by atoms with E-state index in [4.69, 9.17) is 12.2 Å². The number of pyridine rings is 1. The Bertz CT molecular complexity index is 404. The van der Waals surface area contributed by atoms with E-state index < -0.39 is 0 Å². The molecule has 0 amide bonds. The Kier molecular flexibility index (Phi) is 2.27. The van der Waals surface area contributed by atoms with Crippen LogP contribution in [0.2, 0.25) is 0 Å². The molecule has 68 valence electrons. The molecule has 0 saturated carbocycles. The minimum Gasteiger partial charge on any atom is -0.352 e. The largest absolute Gasteiger partial charge is 0.352 e. The fourth-order valence-corrected chi connectivity index (χ4v) is 1.66. The molecule has 0 bridgehead atoms. The first kappa shape index (κ1) is 8.63. The second-order valence-electron chi connectivity index (χ2n) is 3.33. The van der Waals surface area contributed by atoms with Crippen LogP contribution in [0.15, 0.2) is 17.3 Å². The third-order valence-corrected chi connectivity index (χ3v) is 2.74.